The van der Waals surface area contributed by atoms with E-state index >= 15 is 0 Å². The molecule has 1 aromatic rings. The van der Waals surface area contributed by atoms with Crippen molar-refractivity contribution in [3.05, 3.63) is 18.0 Å². The lowest BCUT2D eigenvalue weighted by molar-refractivity contribution is -0.119. The van der Waals surface area contributed by atoms with Gasteiger partial charge in [0.25, 0.3) is 0 Å². The fourth-order valence-corrected chi connectivity index (χ4v) is 2.30. The van der Waals surface area contributed by atoms with E-state index in [2.05, 4.69) is 20.2 Å². The maximum Gasteiger partial charge on any atom is 0.224 e. The van der Waals surface area contributed by atoms with E-state index in [9.17, 15) is 4.79 Å². The van der Waals surface area contributed by atoms with Gasteiger partial charge in [-0.3, -0.25) is 9.69 Å². The Bertz CT molecular complexity index is 431. The molecule has 0 aromatic carbocycles. The van der Waals surface area contributed by atoms with Gasteiger partial charge in [-0.25, -0.2) is 9.97 Å². The van der Waals surface area contributed by atoms with Crippen molar-refractivity contribution in [3.8, 4) is 0 Å². The summed E-state index contributed by atoms with van der Waals surface area (Å²) in [5.74, 6) is 0.770. The molecule has 104 valence electrons. The Morgan fingerprint density at radius 3 is 2.74 bits per heavy atom. The minimum absolute atomic E-state index is 0.0468. The van der Waals surface area contributed by atoms with Crippen LogP contribution < -0.4 is 10.2 Å². The van der Waals surface area contributed by atoms with Crippen LogP contribution in [-0.2, 0) is 11.3 Å². The topological polar surface area (TPSA) is 61.4 Å². The zero-order valence-electron chi connectivity index (χ0n) is 11.8. The van der Waals surface area contributed by atoms with Crippen molar-refractivity contribution in [3.63, 3.8) is 0 Å². The van der Waals surface area contributed by atoms with E-state index in [1.165, 1.54) is 0 Å². The molecule has 1 N–H and O–H groups in total. The standard InChI is InChI=1S/C13H21N5O/c1-10(19)16-12-4-5-18(9-12)8-11-6-14-13(15-7-11)17(2)3/h6-7,12H,4-5,8-9H2,1-3H3,(H,16,19). The molecule has 1 atom stereocenters. The number of amides is 1. The summed E-state index contributed by atoms with van der Waals surface area (Å²) in [5.41, 5.74) is 1.11. The van der Waals surface area contributed by atoms with Gasteiger partial charge < -0.3 is 10.2 Å². The van der Waals surface area contributed by atoms with E-state index in [0.717, 1.165) is 37.6 Å². The number of hydrogen-bond donors (Lipinski definition) is 1. The molecule has 1 saturated heterocycles. The second-order valence-electron chi connectivity index (χ2n) is 5.21. The SMILES string of the molecule is CC(=O)NC1CCN(Cc2cnc(N(C)C)nc2)C1. The molecule has 0 bridgehead atoms. The summed E-state index contributed by atoms with van der Waals surface area (Å²) in [6, 6.07) is 0.277. The van der Waals surface area contributed by atoms with Gasteiger partial charge in [-0.1, -0.05) is 0 Å². The van der Waals surface area contributed by atoms with Gasteiger partial charge in [0.2, 0.25) is 11.9 Å². The summed E-state index contributed by atoms with van der Waals surface area (Å²) in [4.78, 5) is 23.8. The van der Waals surface area contributed by atoms with Crippen molar-refractivity contribution >= 4 is 11.9 Å². The van der Waals surface area contributed by atoms with Gasteiger partial charge in [-0.2, -0.15) is 0 Å². The normalized spacial score (nSPS) is 19.4. The highest BCUT2D eigenvalue weighted by Crippen LogP contribution is 2.13. The summed E-state index contributed by atoms with van der Waals surface area (Å²) in [5, 5.41) is 2.96. The van der Waals surface area contributed by atoms with Gasteiger partial charge in [-0.15, -0.1) is 0 Å². The van der Waals surface area contributed by atoms with E-state index in [1.807, 2.05) is 31.4 Å². The largest absolute Gasteiger partial charge is 0.352 e. The molecular formula is C13H21N5O. The summed E-state index contributed by atoms with van der Waals surface area (Å²) in [6.45, 7) is 4.30. The van der Waals surface area contributed by atoms with Crippen LogP contribution in [0.3, 0.4) is 0 Å². The lowest BCUT2D eigenvalue weighted by Gasteiger charge is -2.16. The smallest absolute Gasteiger partial charge is 0.224 e. The van der Waals surface area contributed by atoms with Crippen molar-refractivity contribution in [1.29, 1.82) is 0 Å². The maximum absolute atomic E-state index is 11.0. The number of hydrogen-bond acceptors (Lipinski definition) is 5. The number of carbonyl (C=O) groups excluding carboxylic acids is 1. The van der Waals surface area contributed by atoms with Gasteiger partial charge in [0.05, 0.1) is 0 Å². The van der Waals surface area contributed by atoms with E-state index in [0.29, 0.717) is 0 Å². The first-order valence-corrected chi connectivity index (χ1v) is 6.52. The summed E-state index contributed by atoms with van der Waals surface area (Å²) >= 11 is 0. The molecule has 2 rings (SSSR count). The lowest BCUT2D eigenvalue weighted by Crippen LogP contribution is -2.35. The van der Waals surface area contributed by atoms with Crippen LogP contribution in [0.1, 0.15) is 18.9 Å². The average molecular weight is 263 g/mol. The van der Waals surface area contributed by atoms with Gasteiger partial charge >= 0.3 is 0 Å². The number of nitrogens with one attached hydrogen (secondary N) is 1. The molecule has 0 spiro atoms. The Morgan fingerprint density at radius 1 is 1.47 bits per heavy atom. The highest BCUT2D eigenvalue weighted by atomic mass is 16.1. The molecule has 0 radical (unpaired) electrons. The molecule has 1 fully saturated rings. The quantitative estimate of drug-likeness (QED) is 0.844. The molecule has 6 heteroatoms. The van der Waals surface area contributed by atoms with Gasteiger partial charge in [0.1, 0.15) is 0 Å². The Kier molecular flexibility index (Phi) is 4.31. The molecule has 1 amide bonds. The maximum atomic E-state index is 11.0. The van der Waals surface area contributed by atoms with Gasteiger partial charge in [0, 0.05) is 64.7 Å². The van der Waals surface area contributed by atoms with Crippen molar-refractivity contribution in [2.24, 2.45) is 0 Å². The molecule has 1 aliphatic rings. The van der Waals surface area contributed by atoms with Crippen molar-refractivity contribution < 1.29 is 4.79 Å². The Morgan fingerprint density at radius 2 is 2.16 bits per heavy atom. The lowest BCUT2D eigenvalue weighted by atomic mass is 10.2. The number of anilines is 1. The molecular weight excluding hydrogens is 242 g/mol. The zero-order chi connectivity index (χ0) is 13.8. The zero-order valence-corrected chi connectivity index (χ0v) is 11.8. The molecule has 2 heterocycles. The van der Waals surface area contributed by atoms with Gasteiger partial charge in [0.15, 0.2) is 0 Å². The van der Waals surface area contributed by atoms with E-state index in [-0.39, 0.29) is 11.9 Å². The van der Waals surface area contributed by atoms with E-state index < -0.39 is 0 Å². The number of likely N-dealkylation sites (tertiary alicyclic amines) is 1. The van der Waals surface area contributed by atoms with Crippen LogP contribution in [0.4, 0.5) is 5.95 Å². The highest BCUT2D eigenvalue weighted by Gasteiger charge is 2.22. The van der Waals surface area contributed by atoms with Crippen LogP contribution in [0.15, 0.2) is 12.4 Å². The first-order chi connectivity index (χ1) is 9.04. The van der Waals surface area contributed by atoms with Crippen molar-refractivity contribution in [2.45, 2.75) is 25.9 Å². The molecule has 0 aliphatic carbocycles. The van der Waals surface area contributed by atoms with Crippen LogP contribution in [0.2, 0.25) is 0 Å². The fraction of sp³-hybridized carbons (Fsp3) is 0.615. The number of carbonyl (C=O) groups is 1. The van der Waals surface area contributed by atoms with E-state index in [4.69, 9.17) is 0 Å². The third-order valence-electron chi connectivity index (χ3n) is 3.18. The Balaban J connectivity index is 1.86. The van der Waals surface area contributed by atoms with Crippen LogP contribution >= 0.6 is 0 Å². The third-order valence-corrected chi connectivity index (χ3v) is 3.18. The molecule has 19 heavy (non-hydrogen) atoms. The van der Waals surface area contributed by atoms with Crippen LogP contribution in [0.5, 0.6) is 0 Å². The molecule has 1 unspecified atom stereocenters. The van der Waals surface area contributed by atoms with Crippen LogP contribution in [-0.4, -0.2) is 54.0 Å². The van der Waals surface area contributed by atoms with E-state index in [1.54, 1.807) is 6.92 Å². The number of nitrogens with zero attached hydrogens (tertiary/aromatic N) is 4. The molecule has 1 aliphatic heterocycles. The van der Waals surface area contributed by atoms with Gasteiger partial charge in [-0.05, 0) is 6.42 Å². The average Bonchev–Trinajstić information content (AvgIpc) is 2.76. The summed E-state index contributed by atoms with van der Waals surface area (Å²) in [6.07, 6.45) is 4.75. The summed E-state index contributed by atoms with van der Waals surface area (Å²) < 4.78 is 0. The monoisotopic (exact) mass is 263 g/mol. The molecule has 6 nitrogen and oxygen atoms in total. The third kappa shape index (κ3) is 3.89. The predicted molar refractivity (Wildman–Crippen MR) is 73.9 cm³/mol. The Labute approximate surface area is 113 Å². The Hall–Kier alpha value is -1.69. The predicted octanol–water partition coefficient (Wildman–Crippen LogP) is 0.253. The van der Waals surface area contributed by atoms with Crippen LogP contribution in [0.25, 0.3) is 0 Å². The first-order valence-electron chi connectivity index (χ1n) is 6.52. The second-order valence-corrected chi connectivity index (χ2v) is 5.21. The van der Waals surface area contributed by atoms with Crippen LogP contribution in [0, 0.1) is 0 Å². The molecule has 0 saturated carbocycles. The summed E-state index contributed by atoms with van der Waals surface area (Å²) in [7, 11) is 3.85. The minimum Gasteiger partial charge on any atom is -0.352 e. The number of aromatic nitrogens is 2. The van der Waals surface area contributed by atoms with Crippen molar-refractivity contribution in [1.82, 2.24) is 20.2 Å². The second kappa shape index (κ2) is 5.97. The number of rotatable bonds is 4. The minimum atomic E-state index is 0.0468. The molecule has 1 aromatic heterocycles. The highest BCUT2D eigenvalue weighted by molar-refractivity contribution is 5.73. The van der Waals surface area contributed by atoms with Crippen molar-refractivity contribution in [2.75, 3.05) is 32.1 Å². The first kappa shape index (κ1) is 13.7. The fourth-order valence-electron chi connectivity index (χ4n) is 2.30.